The van der Waals surface area contributed by atoms with Crippen molar-refractivity contribution in [3.63, 3.8) is 0 Å². The summed E-state index contributed by atoms with van der Waals surface area (Å²) in [5.74, 6) is 1.11. The lowest BCUT2D eigenvalue weighted by atomic mass is 9.94. The van der Waals surface area contributed by atoms with Crippen molar-refractivity contribution in [1.82, 2.24) is 15.5 Å². The van der Waals surface area contributed by atoms with Crippen LogP contribution in [0.4, 0.5) is 10.2 Å². The van der Waals surface area contributed by atoms with E-state index in [2.05, 4.69) is 20.4 Å². The highest BCUT2D eigenvalue weighted by Crippen LogP contribution is 2.48. The number of anilines is 1. The summed E-state index contributed by atoms with van der Waals surface area (Å²) < 4.78 is 13.1. The SMILES string of the molecule is Cc1ccc(N2CC(CNC(=O)C3(c4ccc(F)cc4)CC3)C2)nn1. The molecule has 2 fully saturated rings. The van der Waals surface area contributed by atoms with Gasteiger partial charge in [-0.2, -0.15) is 5.10 Å². The zero-order chi connectivity index (χ0) is 17.4. The number of amides is 1. The standard InChI is InChI=1S/C19H21FN4O/c1-13-2-7-17(23-22-13)24-11-14(12-24)10-21-18(25)19(8-9-19)15-3-5-16(20)6-4-15/h2-7,14H,8-12H2,1H3,(H,21,25). The number of aryl methyl sites for hydroxylation is 1. The van der Waals surface area contributed by atoms with Gasteiger partial charge in [-0.05, 0) is 49.6 Å². The minimum Gasteiger partial charge on any atom is -0.355 e. The van der Waals surface area contributed by atoms with Gasteiger partial charge in [0.15, 0.2) is 5.82 Å². The quantitative estimate of drug-likeness (QED) is 0.907. The predicted molar refractivity (Wildman–Crippen MR) is 92.8 cm³/mol. The first-order chi connectivity index (χ1) is 12.1. The molecule has 130 valence electrons. The van der Waals surface area contributed by atoms with E-state index in [0.29, 0.717) is 12.5 Å². The molecule has 1 saturated carbocycles. The molecule has 4 rings (SSSR count). The number of carbonyl (C=O) groups is 1. The molecule has 25 heavy (non-hydrogen) atoms. The Morgan fingerprint density at radius 1 is 1.20 bits per heavy atom. The number of carbonyl (C=O) groups excluding carboxylic acids is 1. The van der Waals surface area contributed by atoms with Crippen molar-refractivity contribution in [2.75, 3.05) is 24.5 Å². The zero-order valence-electron chi connectivity index (χ0n) is 14.2. The first-order valence-electron chi connectivity index (χ1n) is 8.66. The van der Waals surface area contributed by atoms with Crippen LogP contribution in [0.5, 0.6) is 0 Å². The second-order valence-corrected chi connectivity index (χ2v) is 7.10. The summed E-state index contributed by atoms with van der Waals surface area (Å²) in [6.45, 7) is 4.33. The average molecular weight is 340 g/mol. The van der Waals surface area contributed by atoms with Crippen molar-refractivity contribution < 1.29 is 9.18 Å². The number of benzene rings is 1. The first-order valence-corrected chi connectivity index (χ1v) is 8.66. The van der Waals surface area contributed by atoms with Crippen molar-refractivity contribution in [3.8, 4) is 0 Å². The van der Waals surface area contributed by atoms with Gasteiger partial charge in [0, 0.05) is 25.6 Å². The molecule has 6 heteroatoms. The highest BCUT2D eigenvalue weighted by atomic mass is 19.1. The van der Waals surface area contributed by atoms with Crippen molar-refractivity contribution in [1.29, 1.82) is 0 Å². The normalized spacial score (nSPS) is 18.6. The molecule has 2 aliphatic rings. The van der Waals surface area contributed by atoms with Crippen molar-refractivity contribution >= 4 is 11.7 Å². The van der Waals surface area contributed by atoms with Gasteiger partial charge in [-0.25, -0.2) is 4.39 Å². The molecule has 0 atom stereocenters. The van der Waals surface area contributed by atoms with Gasteiger partial charge in [0.2, 0.25) is 5.91 Å². The van der Waals surface area contributed by atoms with Crippen LogP contribution in [-0.4, -0.2) is 35.7 Å². The van der Waals surface area contributed by atoms with Gasteiger partial charge in [0.25, 0.3) is 0 Å². The summed E-state index contributed by atoms with van der Waals surface area (Å²) in [6, 6.07) is 10.2. The maximum atomic E-state index is 13.1. The van der Waals surface area contributed by atoms with E-state index in [1.165, 1.54) is 12.1 Å². The van der Waals surface area contributed by atoms with E-state index in [1.807, 2.05) is 19.1 Å². The van der Waals surface area contributed by atoms with E-state index in [0.717, 1.165) is 43.0 Å². The lowest BCUT2D eigenvalue weighted by Gasteiger charge is -2.40. The molecule has 1 aromatic carbocycles. The smallest absolute Gasteiger partial charge is 0.230 e. The summed E-state index contributed by atoms with van der Waals surface area (Å²) in [5.41, 5.74) is 1.37. The highest BCUT2D eigenvalue weighted by Gasteiger charge is 2.51. The topological polar surface area (TPSA) is 58.1 Å². The van der Waals surface area contributed by atoms with E-state index in [9.17, 15) is 9.18 Å². The van der Waals surface area contributed by atoms with Crippen LogP contribution in [-0.2, 0) is 10.2 Å². The Bertz CT molecular complexity index is 765. The van der Waals surface area contributed by atoms with E-state index >= 15 is 0 Å². The number of hydrogen-bond acceptors (Lipinski definition) is 4. The summed E-state index contributed by atoms with van der Waals surface area (Å²) in [4.78, 5) is 14.8. The molecule has 1 saturated heterocycles. The molecule has 5 nitrogen and oxygen atoms in total. The molecule has 2 heterocycles. The second kappa shape index (κ2) is 6.10. The van der Waals surface area contributed by atoms with Gasteiger partial charge in [0.05, 0.1) is 11.1 Å². The largest absolute Gasteiger partial charge is 0.355 e. The Labute approximate surface area is 146 Å². The summed E-state index contributed by atoms with van der Waals surface area (Å²) in [7, 11) is 0. The van der Waals surface area contributed by atoms with E-state index in [1.54, 1.807) is 12.1 Å². The van der Waals surface area contributed by atoms with Gasteiger partial charge in [-0.3, -0.25) is 4.79 Å². The summed E-state index contributed by atoms with van der Waals surface area (Å²) in [5, 5.41) is 11.3. The number of hydrogen-bond donors (Lipinski definition) is 1. The van der Waals surface area contributed by atoms with E-state index < -0.39 is 5.41 Å². The number of nitrogens with one attached hydrogen (secondary N) is 1. The van der Waals surface area contributed by atoms with Gasteiger partial charge >= 0.3 is 0 Å². The molecule has 1 aliphatic carbocycles. The molecule has 2 aromatic rings. The van der Waals surface area contributed by atoms with E-state index in [-0.39, 0.29) is 11.7 Å². The third-order valence-electron chi connectivity index (χ3n) is 5.20. The Balaban J connectivity index is 1.29. The number of aromatic nitrogens is 2. The molecule has 0 bridgehead atoms. The predicted octanol–water partition coefficient (Wildman–Crippen LogP) is 2.21. The van der Waals surface area contributed by atoms with Crippen LogP contribution in [0, 0.1) is 18.7 Å². The fourth-order valence-electron chi connectivity index (χ4n) is 3.39. The van der Waals surface area contributed by atoms with Crippen LogP contribution in [0.25, 0.3) is 0 Å². The third-order valence-corrected chi connectivity index (χ3v) is 5.20. The lowest BCUT2D eigenvalue weighted by Crippen LogP contribution is -2.52. The average Bonchev–Trinajstić information content (AvgIpc) is 3.37. The fraction of sp³-hybridized carbons (Fsp3) is 0.421. The minimum atomic E-state index is -0.445. The fourth-order valence-corrected chi connectivity index (χ4v) is 3.39. The molecule has 0 spiro atoms. The van der Waals surface area contributed by atoms with Crippen molar-refractivity contribution in [3.05, 3.63) is 53.5 Å². The Hall–Kier alpha value is -2.50. The lowest BCUT2D eigenvalue weighted by molar-refractivity contribution is -0.123. The second-order valence-electron chi connectivity index (χ2n) is 7.10. The molecular formula is C19H21FN4O. The number of rotatable bonds is 5. The van der Waals surface area contributed by atoms with Crippen LogP contribution in [0.2, 0.25) is 0 Å². The minimum absolute atomic E-state index is 0.0627. The van der Waals surface area contributed by atoms with E-state index in [4.69, 9.17) is 0 Å². The summed E-state index contributed by atoms with van der Waals surface area (Å²) in [6.07, 6.45) is 1.67. The van der Waals surface area contributed by atoms with Gasteiger partial charge in [-0.15, -0.1) is 5.10 Å². The molecule has 1 aromatic heterocycles. The molecule has 0 radical (unpaired) electrons. The molecule has 1 amide bonds. The molecule has 0 unspecified atom stereocenters. The highest BCUT2D eigenvalue weighted by molar-refractivity contribution is 5.91. The van der Waals surface area contributed by atoms with Crippen molar-refractivity contribution in [2.24, 2.45) is 5.92 Å². The maximum Gasteiger partial charge on any atom is 0.230 e. The third kappa shape index (κ3) is 3.08. The zero-order valence-corrected chi connectivity index (χ0v) is 14.2. The molecule has 1 N–H and O–H groups in total. The van der Waals surface area contributed by atoms with Crippen molar-refractivity contribution in [2.45, 2.75) is 25.2 Å². The van der Waals surface area contributed by atoms with Gasteiger partial charge < -0.3 is 10.2 Å². The van der Waals surface area contributed by atoms with Crippen LogP contribution in [0.1, 0.15) is 24.1 Å². The van der Waals surface area contributed by atoms with Crippen LogP contribution >= 0.6 is 0 Å². The summed E-state index contributed by atoms with van der Waals surface area (Å²) >= 11 is 0. The monoisotopic (exact) mass is 340 g/mol. The van der Waals surface area contributed by atoms with Gasteiger partial charge in [0.1, 0.15) is 5.82 Å². The molecule has 1 aliphatic heterocycles. The first kappa shape index (κ1) is 16.0. The maximum absolute atomic E-state index is 13.1. The van der Waals surface area contributed by atoms with Crippen LogP contribution < -0.4 is 10.2 Å². The van der Waals surface area contributed by atoms with Crippen LogP contribution in [0.15, 0.2) is 36.4 Å². The van der Waals surface area contributed by atoms with Gasteiger partial charge in [-0.1, -0.05) is 12.1 Å². The number of halogens is 1. The van der Waals surface area contributed by atoms with Crippen LogP contribution in [0.3, 0.4) is 0 Å². The Morgan fingerprint density at radius 2 is 1.92 bits per heavy atom. The number of nitrogens with zero attached hydrogens (tertiary/aromatic N) is 3. The Morgan fingerprint density at radius 3 is 2.52 bits per heavy atom. The molecular weight excluding hydrogens is 319 g/mol. The Kier molecular flexibility index (Phi) is 3.90.